The summed E-state index contributed by atoms with van der Waals surface area (Å²) in [5.41, 5.74) is 1.67. The Bertz CT molecular complexity index is 2470. The minimum Gasteiger partial charge on any atom is -0.757 e. The van der Waals surface area contributed by atoms with Crippen LogP contribution in [0.25, 0.3) is 0 Å². The van der Waals surface area contributed by atoms with Crippen LogP contribution in [0.2, 0.25) is 0 Å². The van der Waals surface area contributed by atoms with Gasteiger partial charge in [-0.05, 0) is 72.6 Å². The second-order valence-corrected chi connectivity index (χ2v) is 14.2. The number of rotatable bonds is 6. The van der Waals surface area contributed by atoms with E-state index < -0.39 is 41.6 Å². The van der Waals surface area contributed by atoms with Crippen LogP contribution in [0.1, 0.15) is 11.1 Å². The fourth-order valence-corrected chi connectivity index (χ4v) is 6.14. The molecular formula is C34H24BaN6O12S2. The van der Waals surface area contributed by atoms with Gasteiger partial charge in [-0.1, -0.05) is 48.6 Å². The van der Waals surface area contributed by atoms with Crippen LogP contribution in [0, 0.1) is 34.1 Å². The molecule has 0 spiro atoms. The summed E-state index contributed by atoms with van der Waals surface area (Å²) in [5.74, 6) is -0.968. The Morgan fingerprint density at radius 1 is 0.582 bits per heavy atom. The van der Waals surface area contributed by atoms with Crippen LogP contribution in [-0.2, 0) is 29.8 Å². The summed E-state index contributed by atoms with van der Waals surface area (Å²) in [6, 6.07) is 8.84. The molecule has 2 atom stereocenters. The zero-order valence-electron chi connectivity index (χ0n) is 28.4. The van der Waals surface area contributed by atoms with Gasteiger partial charge in [0.15, 0.2) is 11.4 Å². The molecule has 2 N–H and O–H groups in total. The molecule has 2 aromatic carbocycles. The Balaban J connectivity index is 0.000000240. The number of fused-ring (bicyclic) bond motifs is 2. The SMILES string of the molecule is Cc1cccc([N+](=O)[O-])c1N=NC1=C2C=CC(=S(=O)([O-])O)C=C2C=CC1=O.Cc1cccc([N+](=O)[O-])c1N=NC1=C2C=CC(=S(=O)([O-])O)C=C2C=CC1=O.[Ba+2]. The summed E-state index contributed by atoms with van der Waals surface area (Å²) >= 11 is 0. The number of hydrogen-bond acceptors (Lipinski definition) is 14. The average Bonchev–Trinajstić information content (AvgIpc) is 3.10. The monoisotopic (exact) mass is 910 g/mol. The standard InChI is InChI=1S/2C17H13N3O6S.Ba/c2*1-10-3-2-4-14(20(22)23)16(10)18-19-17-13-7-6-12(27(24,25)26)9-11(13)5-8-15(17)21;/h2*2-9H,1H3,(H2,24,25,26);/q;;+2/p-2. The molecule has 0 bridgehead atoms. The van der Waals surface area contributed by atoms with E-state index in [9.17, 15) is 47.3 Å². The molecule has 18 nitrogen and oxygen atoms in total. The minimum absolute atomic E-state index is 0. The van der Waals surface area contributed by atoms with E-state index in [1.807, 2.05) is 0 Å². The molecule has 0 aromatic heterocycles. The summed E-state index contributed by atoms with van der Waals surface area (Å²) in [6.07, 6.45) is 12.4. The number of benzene rings is 2. The Labute approximate surface area is 352 Å². The number of hydrogen-bond donors (Lipinski definition) is 2. The summed E-state index contributed by atoms with van der Waals surface area (Å²) in [6.45, 7) is 3.25. The van der Waals surface area contributed by atoms with Crippen molar-refractivity contribution in [2.24, 2.45) is 20.5 Å². The first kappa shape index (κ1) is 42.9. The number of ketones is 2. The number of nitrogens with zero attached hydrogens (tertiary/aromatic N) is 6. The number of allylic oxidation sites excluding steroid dienone is 14. The molecule has 55 heavy (non-hydrogen) atoms. The summed E-state index contributed by atoms with van der Waals surface area (Å²) in [5, 5.41) is 37.9. The molecular weight excluding hydrogens is 886 g/mol. The maximum absolute atomic E-state index is 12.2. The van der Waals surface area contributed by atoms with E-state index in [2.05, 4.69) is 20.5 Å². The van der Waals surface area contributed by atoms with Crippen LogP contribution in [0.15, 0.2) is 151 Å². The van der Waals surface area contributed by atoms with E-state index in [1.165, 1.54) is 72.9 Å². The van der Waals surface area contributed by atoms with Gasteiger partial charge in [-0.2, -0.15) is 0 Å². The van der Waals surface area contributed by atoms with E-state index in [1.54, 1.807) is 26.0 Å². The van der Waals surface area contributed by atoms with E-state index in [4.69, 9.17) is 9.11 Å². The Kier molecular flexibility index (Phi) is 13.5. The van der Waals surface area contributed by atoms with Gasteiger partial charge in [-0.25, -0.2) is 0 Å². The van der Waals surface area contributed by atoms with Gasteiger partial charge in [0.2, 0.25) is 11.6 Å². The third kappa shape index (κ3) is 9.88. The first-order valence-corrected chi connectivity index (χ1v) is 18.0. The van der Waals surface area contributed by atoms with Crippen LogP contribution < -0.4 is 0 Å². The van der Waals surface area contributed by atoms with Gasteiger partial charge in [0.25, 0.3) is 11.4 Å². The van der Waals surface area contributed by atoms with Crippen molar-refractivity contribution in [1.82, 2.24) is 0 Å². The zero-order chi connectivity index (χ0) is 39.5. The molecule has 0 saturated carbocycles. The van der Waals surface area contributed by atoms with E-state index in [-0.39, 0.29) is 92.8 Å². The van der Waals surface area contributed by atoms with E-state index in [0.717, 1.165) is 12.2 Å². The second-order valence-electron chi connectivity index (χ2n) is 11.3. The van der Waals surface area contributed by atoms with Gasteiger partial charge in [0.05, 0.1) is 9.85 Å². The van der Waals surface area contributed by atoms with Crippen molar-refractivity contribution in [3.05, 3.63) is 162 Å². The minimum atomic E-state index is -4.40. The van der Waals surface area contributed by atoms with Crippen LogP contribution in [-0.4, -0.2) is 107 Å². The van der Waals surface area contributed by atoms with Crippen LogP contribution in [0.3, 0.4) is 0 Å². The molecule has 0 heterocycles. The van der Waals surface area contributed by atoms with E-state index in [0.29, 0.717) is 33.4 Å². The van der Waals surface area contributed by atoms with Crippen molar-refractivity contribution in [3.8, 4) is 0 Å². The Hall–Kier alpha value is -4.85. The predicted octanol–water partition coefficient (Wildman–Crippen LogP) is 5.49. The normalized spacial score (nSPS) is 18.2. The second kappa shape index (κ2) is 17.3. The fourth-order valence-electron chi connectivity index (χ4n) is 5.11. The molecule has 21 heteroatoms. The molecule has 0 radical (unpaired) electrons. The van der Waals surface area contributed by atoms with Crippen molar-refractivity contribution in [3.63, 3.8) is 0 Å². The number of carbonyl (C=O) groups excluding carboxylic acids is 2. The maximum atomic E-state index is 12.2. The third-order valence-corrected chi connectivity index (χ3v) is 9.47. The fraction of sp³-hybridized carbons (Fsp3) is 0.0588. The van der Waals surface area contributed by atoms with Gasteiger partial charge in [0, 0.05) is 53.2 Å². The van der Waals surface area contributed by atoms with Crippen LogP contribution >= 0.6 is 0 Å². The molecule has 6 rings (SSSR count). The quantitative estimate of drug-likeness (QED) is 0.120. The van der Waals surface area contributed by atoms with Gasteiger partial charge in [-0.15, -0.1) is 20.5 Å². The van der Waals surface area contributed by atoms with Crippen LogP contribution in [0.4, 0.5) is 22.7 Å². The first-order valence-electron chi connectivity index (χ1n) is 15.1. The number of aryl methyl sites for hydroxylation is 2. The van der Waals surface area contributed by atoms with Crippen LogP contribution in [0.5, 0.6) is 0 Å². The summed E-state index contributed by atoms with van der Waals surface area (Å²) in [4.78, 5) is 44.8. The number of nitro groups is 2. The maximum Gasteiger partial charge on any atom is 2.00 e. The van der Waals surface area contributed by atoms with Crippen molar-refractivity contribution in [2.75, 3.05) is 0 Å². The molecule has 0 saturated heterocycles. The summed E-state index contributed by atoms with van der Waals surface area (Å²) in [7, 11) is -8.80. The topological polar surface area (TPSA) is 291 Å². The van der Waals surface area contributed by atoms with Crippen molar-refractivity contribution >= 4 is 113 Å². The molecule has 0 fully saturated rings. The number of carbonyl (C=O) groups is 2. The number of azo groups is 2. The van der Waals surface area contributed by atoms with Crippen molar-refractivity contribution in [2.45, 2.75) is 13.8 Å². The Morgan fingerprint density at radius 2 is 0.945 bits per heavy atom. The predicted molar refractivity (Wildman–Crippen MR) is 200 cm³/mol. The molecule has 2 unspecified atom stereocenters. The summed E-state index contributed by atoms with van der Waals surface area (Å²) < 4.78 is 63.3. The van der Waals surface area contributed by atoms with Gasteiger partial charge in [0.1, 0.15) is 11.4 Å². The molecule has 0 aliphatic heterocycles. The molecule has 4 aliphatic rings. The third-order valence-electron chi connectivity index (χ3n) is 7.77. The van der Waals surface area contributed by atoms with Crippen molar-refractivity contribution < 1.29 is 46.1 Å². The van der Waals surface area contributed by atoms with Gasteiger partial charge >= 0.3 is 48.9 Å². The number of nitro benzene ring substituents is 2. The van der Waals surface area contributed by atoms with E-state index >= 15 is 0 Å². The zero-order valence-corrected chi connectivity index (χ0v) is 34.5. The van der Waals surface area contributed by atoms with Gasteiger partial charge < -0.3 is 18.2 Å². The molecule has 4 aliphatic carbocycles. The molecule has 276 valence electrons. The average molecular weight is 910 g/mol. The van der Waals surface area contributed by atoms with Gasteiger partial charge in [-0.3, -0.25) is 38.2 Å². The largest absolute Gasteiger partial charge is 2.00 e. The van der Waals surface area contributed by atoms with Crippen molar-refractivity contribution in [1.29, 1.82) is 0 Å². The molecule has 0 amide bonds. The smallest absolute Gasteiger partial charge is 0.757 e. The Morgan fingerprint density at radius 3 is 1.27 bits per heavy atom. The first-order chi connectivity index (χ1) is 25.4. The molecule has 2 aromatic rings.